The molecular formula is C55H48O. The lowest BCUT2D eigenvalue weighted by Crippen LogP contribution is -2.29. The van der Waals surface area contributed by atoms with Crippen LogP contribution in [0.25, 0.3) is 49.8 Å². The molecule has 0 fully saturated rings. The van der Waals surface area contributed by atoms with Gasteiger partial charge in [-0.15, -0.1) is 0 Å². The molecule has 2 aliphatic carbocycles. The zero-order valence-electron chi connectivity index (χ0n) is 33.1. The number of aryl methyl sites for hydroxylation is 1. The highest BCUT2D eigenvalue weighted by Crippen LogP contribution is 2.59. The molecule has 1 heterocycles. The van der Waals surface area contributed by atoms with Crippen molar-refractivity contribution in [2.75, 3.05) is 0 Å². The molecule has 0 radical (unpaired) electrons. The van der Waals surface area contributed by atoms with E-state index in [1.807, 2.05) is 31.2 Å². The maximum Gasteiger partial charge on any atom is 0.143 e. The molecule has 0 bridgehead atoms. The monoisotopic (exact) mass is 724 g/mol. The molecule has 2 aliphatic rings. The van der Waals surface area contributed by atoms with Crippen LogP contribution in [-0.2, 0) is 10.8 Å². The van der Waals surface area contributed by atoms with Gasteiger partial charge >= 0.3 is 0 Å². The highest BCUT2D eigenvalue weighted by atomic mass is 16.3. The van der Waals surface area contributed by atoms with Gasteiger partial charge in [0.25, 0.3) is 0 Å². The number of benzene rings is 6. The van der Waals surface area contributed by atoms with E-state index in [-0.39, 0.29) is 5.41 Å². The first-order valence-corrected chi connectivity index (χ1v) is 19.5. The first kappa shape index (κ1) is 36.5. The average molecular weight is 725 g/mol. The second-order valence-electron chi connectivity index (χ2n) is 15.5. The molecule has 0 aliphatic heterocycles. The number of furan rings is 1. The molecule has 0 saturated heterocycles. The molecule has 7 aromatic rings. The molecule has 1 aromatic heterocycles. The van der Waals surface area contributed by atoms with Crippen LogP contribution in [0.4, 0.5) is 0 Å². The highest BCUT2D eigenvalue weighted by Gasteiger charge is 2.47. The molecule has 0 amide bonds. The van der Waals surface area contributed by atoms with Gasteiger partial charge in [-0.3, -0.25) is 0 Å². The summed E-state index contributed by atoms with van der Waals surface area (Å²) in [5, 5.41) is 2.29. The minimum absolute atomic E-state index is 0.0544. The van der Waals surface area contributed by atoms with Crippen molar-refractivity contribution in [3.05, 3.63) is 234 Å². The van der Waals surface area contributed by atoms with Crippen LogP contribution in [0.3, 0.4) is 0 Å². The fourth-order valence-corrected chi connectivity index (χ4v) is 9.13. The molecule has 1 nitrogen and oxygen atoms in total. The van der Waals surface area contributed by atoms with Gasteiger partial charge in [-0.1, -0.05) is 196 Å². The zero-order chi connectivity index (χ0) is 39.2. The third kappa shape index (κ3) is 5.69. The maximum atomic E-state index is 6.53. The van der Waals surface area contributed by atoms with Gasteiger partial charge in [0.2, 0.25) is 0 Å². The van der Waals surface area contributed by atoms with E-state index in [4.69, 9.17) is 4.42 Å². The van der Waals surface area contributed by atoms with Crippen LogP contribution in [0.15, 0.2) is 199 Å². The number of allylic oxidation sites excluding steroid dienone is 9. The smallest absolute Gasteiger partial charge is 0.143 e. The normalized spacial score (nSPS) is 16.5. The zero-order valence-corrected chi connectivity index (χ0v) is 33.1. The van der Waals surface area contributed by atoms with E-state index >= 15 is 0 Å². The largest absolute Gasteiger partial charge is 0.455 e. The van der Waals surface area contributed by atoms with Gasteiger partial charge in [-0.2, -0.15) is 0 Å². The summed E-state index contributed by atoms with van der Waals surface area (Å²) in [4.78, 5) is 0. The van der Waals surface area contributed by atoms with E-state index in [0.29, 0.717) is 0 Å². The van der Waals surface area contributed by atoms with Gasteiger partial charge in [0, 0.05) is 21.8 Å². The molecule has 9 rings (SSSR count). The van der Waals surface area contributed by atoms with E-state index in [2.05, 4.69) is 187 Å². The molecule has 56 heavy (non-hydrogen) atoms. The average Bonchev–Trinajstić information content (AvgIpc) is 3.81. The molecular weight excluding hydrogens is 677 g/mol. The third-order valence-corrected chi connectivity index (χ3v) is 11.7. The van der Waals surface area contributed by atoms with Crippen LogP contribution in [0.1, 0.15) is 66.6 Å². The number of hydrogen-bond donors (Lipinski definition) is 0. The lowest BCUT2D eigenvalue weighted by atomic mass is 9.67. The number of fused-ring (bicyclic) bond motifs is 10. The van der Waals surface area contributed by atoms with Gasteiger partial charge in [-0.25, -0.2) is 0 Å². The van der Waals surface area contributed by atoms with Crippen molar-refractivity contribution >= 4 is 27.5 Å². The molecule has 1 atom stereocenters. The van der Waals surface area contributed by atoms with Crippen molar-refractivity contribution in [2.45, 2.75) is 45.4 Å². The van der Waals surface area contributed by atoms with Gasteiger partial charge in [0.05, 0.1) is 5.41 Å². The Morgan fingerprint density at radius 3 is 2.12 bits per heavy atom. The van der Waals surface area contributed by atoms with E-state index in [1.54, 1.807) is 0 Å². The Bertz CT molecular complexity index is 2790. The van der Waals surface area contributed by atoms with Crippen molar-refractivity contribution in [1.29, 1.82) is 0 Å². The SMILES string of the molecule is C=C(C)/C=C\C(=C/C)c1ccc2c(c1)C(C)(C)c1ccccc1-2.C=C/C=C(\C=C)C1(c2ccccc2)c2ccc(C)cc2-c2c1ccc1c2oc2ccccc21. The van der Waals surface area contributed by atoms with Crippen molar-refractivity contribution in [3.8, 4) is 22.3 Å². The summed E-state index contributed by atoms with van der Waals surface area (Å²) in [6.07, 6.45) is 12.3. The van der Waals surface area contributed by atoms with Gasteiger partial charge < -0.3 is 4.42 Å². The molecule has 1 heteroatoms. The second-order valence-corrected chi connectivity index (χ2v) is 15.5. The number of para-hydroxylation sites is 1. The Balaban J connectivity index is 0.000000169. The first-order chi connectivity index (χ1) is 27.1. The predicted molar refractivity (Wildman–Crippen MR) is 240 cm³/mol. The first-order valence-electron chi connectivity index (χ1n) is 19.5. The summed E-state index contributed by atoms with van der Waals surface area (Å²) in [5.74, 6) is 0. The summed E-state index contributed by atoms with van der Waals surface area (Å²) in [6, 6.07) is 45.9. The minimum Gasteiger partial charge on any atom is -0.455 e. The Labute approximate surface area is 332 Å². The summed E-state index contributed by atoms with van der Waals surface area (Å²) in [7, 11) is 0. The molecule has 0 saturated carbocycles. The van der Waals surface area contributed by atoms with Crippen LogP contribution in [0.2, 0.25) is 0 Å². The van der Waals surface area contributed by atoms with Crippen molar-refractivity contribution in [1.82, 2.24) is 0 Å². The van der Waals surface area contributed by atoms with Crippen LogP contribution in [-0.4, -0.2) is 0 Å². The lowest BCUT2D eigenvalue weighted by Gasteiger charge is -2.34. The Hall–Kier alpha value is -6.44. The summed E-state index contributed by atoms with van der Waals surface area (Å²) >= 11 is 0. The van der Waals surface area contributed by atoms with Crippen molar-refractivity contribution < 1.29 is 4.42 Å². The van der Waals surface area contributed by atoms with E-state index in [9.17, 15) is 0 Å². The Morgan fingerprint density at radius 1 is 0.661 bits per heavy atom. The minimum atomic E-state index is -0.497. The molecule has 274 valence electrons. The predicted octanol–water partition coefficient (Wildman–Crippen LogP) is 15.0. The Morgan fingerprint density at radius 2 is 1.38 bits per heavy atom. The van der Waals surface area contributed by atoms with Crippen molar-refractivity contribution in [3.63, 3.8) is 0 Å². The van der Waals surface area contributed by atoms with Crippen LogP contribution in [0, 0.1) is 6.92 Å². The van der Waals surface area contributed by atoms with Crippen molar-refractivity contribution in [2.24, 2.45) is 0 Å². The highest BCUT2D eigenvalue weighted by molar-refractivity contribution is 6.12. The molecule has 1 unspecified atom stereocenters. The summed E-state index contributed by atoms with van der Waals surface area (Å²) < 4.78 is 6.53. The second kappa shape index (κ2) is 14.3. The van der Waals surface area contributed by atoms with Gasteiger partial charge in [0.15, 0.2) is 0 Å². The molecule has 0 spiro atoms. The lowest BCUT2D eigenvalue weighted by molar-refractivity contribution is 0.660. The van der Waals surface area contributed by atoms with Crippen LogP contribution < -0.4 is 0 Å². The van der Waals surface area contributed by atoms with Gasteiger partial charge in [-0.05, 0) is 94.1 Å². The fourth-order valence-electron chi connectivity index (χ4n) is 9.13. The fraction of sp³-hybridized carbons (Fsp3) is 0.127. The summed E-state index contributed by atoms with van der Waals surface area (Å²) in [5.41, 5.74) is 19.0. The molecule has 0 N–H and O–H groups in total. The summed E-state index contributed by atoms with van der Waals surface area (Å²) in [6.45, 7) is 23.1. The van der Waals surface area contributed by atoms with Crippen LogP contribution >= 0.6 is 0 Å². The molecule has 6 aromatic carbocycles. The van der Waals surface area contributed by atoms with E-state index < -0.39 is 5.41 Å². The number of rotatable bonds is 7. The quantitative estimate of drug-likeness (QED) is 0.149. The van der Waals surface area contributed by atoms with Gasteiger partial charge in [0.1, 0.15) is 11.2 Å². The maximum absolute atomic E-state index is 6.53. The topological polar surface area (TPSA) is 13.1 Å². The Kier molecular flexibility index (Phi) is 9.35. The third-order valence-electron chi connectivity index (χ3n) is 11.7. The number of hydrogen-bond acceptors (Lipinski definition) is 1. The van der Waals surface area contributed by atoms with E-state index in [0.717, 1.165) is 33.1 Å². The standard InChI is InChI=1S/C32H24O.C23H24/c1-4-11-22(5-2)32(23-12-7-6-8-13-23)27-18-16-21(3)20-26(27)30-28(32)19-17-25-24-14-9-10-15-29(24)33-31(25)30;1-6-17(12-11-16(2)3)18-13-14-20-19-9-7-8-10-21(19)23(4,5)22(20)15-18/h4-20H,1-2H2,3H3;6-15H,2H2,1,3-5H3/b22-11+;12-11-,17-6+. The van der Waals surface area contributed by atoms with E-state index in [1.165, 1.54) is 66.8 Å². The van der Waals surface area contributed by atoms with Crippen LogP contribution in [0.5, 0.6) is 0 Å².